The number of benzene rings is 2. The molecule has 0 radical (unpaired) electrons. The van der Waals surface area contributed by atoms with Crippen LogP contribution in [0.25, 0.3) is 0 Å². The van der Waals surface area contributed by atoms with Crippen LogP contribution in [0.4, 0.5) is 10.1 Å². The zero-order chi connectivity index (χ0) is 15.6. The Balaban J connectivity index is 2.50. The molecule has 0 atom stereocenters. The predicted molar refractivity (Wildman–Crippen MR) is 77.9 cm³/mol. The van der Waals surface area contributed by atoms with Crippen LogP contribution in [0.15, 0.2) is 47.4 Å². The number of anilines is 1. The summed E-state index contributed by atoms with van der Waals surface area (Å²) in [5, 5.41) is 8.88. The van der Waals surface area contributed by atoms with Gasteiger partial charge in [-0.2, -0.15) is 5.26 Å². The van der Waals surface area contributed by atoms with Crippen LogP contribution >= 0.6 is 0 Å². The van der Waals surface area contributed by atoms with Gasteiger partial charge in [0.15, 0.2) is 0 Å². The Bertz CT molecular complexity index is 826. The highest BCUT2D eigenvalue weighted by molar-refractivity contribution is 7.92. The number of nitriles is 1. The molecule has 0 saturated carbocycles. The summed E-state index contributed by atoms with van der Waals surface area (Å²) < 4.78 is 39.4. The van der Waals surface area contributed by atoms with E-state index < -0.39 is 15.8 Å². The molecule has 2 rings (SSSR count). The molecule has 0 fully saturated rings. The molecule has 4 nitrogen and oxygen atoms in total. The zero-order valence-corrected chi connectivity index (χ0v) is 12.4. The molecule has 0 amide bonds. The molecule has 2 aromatic carbocycles. The highest BCUT2D eigenvalue weighted by Gasteiger charge is 2.23. The first-order valence-corrected chi connectivity index (χ1v) is 7.55. The highest BCUT2D eigenvalue weighted by Crippen LogP contribution is 2.25. The van der Waals surface area contributed by atoms with Crippen molar-refractivity contribution in [1.29, 1.82) is 5.26 Å². The van der Waals surface area contributed by atoms with Crippen molar-refractivity contribution in [2.24, 2.45) is 0 Å². The summed E-state index contributed by atoms with van der Waals surface area (Å²) in [6, 6.07) is 11.8. The van der Waals surface area contributed by atoms with E-state index in [1.165, 1.54) is 32.2 Å². The van der Waals surface area contributed by atoms with E-state index in [1.807, 2.05) is 6.07 Å². The number of nitrogens with zero attached hydrogens (tertiary/aromatic N) is 2. The summed E-state index contributed by atoms with van der Waals surface area (Å²) in [7, 11) is -2.41. The van der Waals surface area contributed by atoms with Gasteiger partial charge in [0, 0.05) is 7.05 Å². The van der Waals surface area contributed by atoms with E-state index >= 15 is 0 Å². The minimum absolute atomic E-state index is 0.0359. The molecule has 0 aliphatic rings. The average molecular weight is 304 g/mol. The number of rotatable bonds is 3. The lowest BCUT2D eigenvalue weighted by molar-refractivity contribution is 0.592. The molecule has 0 saturated heterocycles. The largest absolute Gasteiger partial charge is 0.269 e. The predicted octanol–water partition coefficient (Wildman–Crippen LogP) is 2.83. The van der Waals surface area contributed by atoms with Gasteiger partial charge in [0.1, 0.15) is 5.82 Å². The van der Waals surface area contributed by atoms with Crippen molar-refractivity contribution >= 4 is 15.7 Å². The molecule has 6 heteroatoms. The third-order valence-corrected chi connectivity index (χ3v) is 5.06. The average Bonchev–Trinajstić information content (AvgIpc) is 2.46. The lowest BCUT2D eigenvalue weighted by Crippen LogP contribution is -2.27. The molecular weight excluding hydrogens is 291 g/mol. The van der Waals surface area contributed by atoms with Crippen LogP contribution < -0.4 is 4.31 Å². The van der Waals surface area contributed by atoms with Crippen molar-refractivity contribution < 1.29 is 12.8 Å². The van der Waals surface area contributed by atoms with Gasteiger partial charge in [-0.3, -0.25) is 4.31 Å². The van der Waals surface area contributed by atoms with Crippen LogP contribution in [0, 0.1) is 24.1 Å². The first kappa shape index (κ1) is 15.0. The molecule has 0 aromatic heterocycles. The molecule has 21 heavy (non-hydrogen) atoms. The Morgan fingerprint density at radius 2 is 1.90 bits per heavy atom. The molecule has 108 valence electrons. The lowest BCUT2D eigenvalue weighted by atomic mass is 10.2. The summed E-state index contributed by atoms with van der Waals surface area (Å²) in [4.78, 5) is 0.0359. The maximum Gasteiger partial charge on any atom is 0.264 e. The lowest BCUT2D eigenvalue weighted by Gasteiger charge is -2.20. The van der Waals surface area contributed by atoms with E-state index in [1.54, 1.807) is 18.2 Å². The zero-order valence-electron chi connectivity index (χ0n) is 11.5. The van der Waals surface area contributed by atoms with Crippen LogP contribution in [0.1, 0.15) is 11.1 Å². The number of sulfonamides is 1. The number of hydrogen-bond acceptors (Lipinski definition) is 3. The fourth-order valence-electron chi connectivity index (χ4n) is 1.96. The van der Waals surface area contributed by atoms with E-state index in [4.69, 9.17) is 5.26 Å². The van der Waals surface area contributed by atoms with Gasteiger partial charge in [0.25, 0.3) is 10.0 Å². The summed E-state index contributed by atoms with van der Waals surface area (Å²) >= 11 is 0. The van der Waals surface area contributed by atoms with Crippen LogP contribution in [-0.2, 0) is 10.0 Å². The van der Waals surface area contributed by atoms with Crippen LogP contribution in [0.3, 0.4) is 0 Å². The molecule has 0 aliphatic carbocycles. The van der Waals surface area contributed by atoms with Crippen molar-refractivity contribution in [3.63, 3.8) is 0 Å². The quantitative estimate of drug-likeness (QED) is 0.876. The van der Waals surface area contributed by atoms with Crippen molar-refractivity contribution in [3.05, 3.63) is 59.4 Å². The molecule has 0 bridgehead atoms. The maximum absolute atomic E-state index is 13.1. The molecule has 0 spiro atoms. The molecule has 2 aromatic rings. The van der Waals surface area contributed by atoms with Gasteiger partial charge in [0.05, 0.1) is 22.2 Å². The van der Waals surface area contributed by atoms with Gasteiger partial charge in [-0.15, -0.1) is 0 Å². The Labute approximate surface area is 123 Å². The van der Waals surface area contributed by atoms with Gasteiger partial charge in [0.2, 0.25) is 0 Å². The summed E-state index contributed by atoms with van der Waals surface area (Å²) in [6.07, 6.45) is 0. The fourth-order valence-corrected chi connectivity index (χ4v) is 3.35. The van der Waals surface area contributed by atoms with Crippen LogP contribution in [-0.4, -0.2) is 15.5 Å². The summed E-state index contributed by atoms with van der Waals surface area (Å²) in [5.74, 6) is -0.486. The SMILES string of the molecule is Cc1cc(F)ccc1S(=O)(=O)N(C)c1cccc(C#N)c1. The van der Waals surface area contributed by atoms with Crippen LogP contribution in [0.2, 0.25) is 0 Å². The Kier molecular flexibility index (Phi) is 3.96. The van der Waals surface area contributed by atoms with Gasteiger partial charge < -0.3 is 0 Å². The topological polar surface area (TPSA) is 61.2 Å². The molecule has 0 heterocycles. The minimum atomic E-state index is -3.81. The molecule has 0 aliphatic heterocycles. The first-order valence-electron chi connectivity index (χ1n) is 6.11. The Hall–Kier alpha value is -2.39. The van der Waals surface area contributed by atoms with E-state index in [-0.39, 0.29) is 4.90 Å². The number of aryl methyl sites for hydroxylation is 1. The van der Waals surface area contributed by atoms with Gasteiger partial charge in [-0.05, 0) is 48.9 Å². The smallest absolute Gasteiger partial charge is 0.264 e. The third-order valence-electron chi connectivity index (χ3n) is 3.11. The van der Waals surface area contributed by atoms with Crippen molar-refractivity contribution in [3.8, 4) is 6.07 Å². The number of halogens is 1. The highest BCUT2D eigenvalue weighted by atomic mass is 32.2. The normalized spacial score (nSPS) is 11.0. The molecular formula is C15H13FN2O2S. The van der Waals surface area contributed by atoms with Gasteiger partial charge in [-0.25, -0.2) is 12.8 Å². The fraction of sp³-hybridized carbons (Fsp3) is 0.133. The Morgan fingerprint density at radius 1 is 1.19 bits per heavy atom. The van der Waals surface area contributed by atoms with Crippen LogP contribution in [0.5, 0.6) is 0 Å². The summed E-state index contributed by atoms with van der Waals surface area (Å²) in [5.41, 5.74) is 1.07. The maximum atomic E-state index is 13.1. The number of hydrogen-bond donors (Lipinski definition) is 0. The van der Waals surface area contributed by atoms with Crippen molar-refractivity contribution in [2.45, 2.75) is 11.8 Å². The first-order chi connectivity index (χ1) is 9.86. The third kappa shape index (κ3) is 2.88. The van der Waals surface area contributed by atoms with E-state index in [0.29, 0.717) is 16.8 Å². The summed E-state index contributed by atoms with van der Waals surface area (Å²) in [6.45, 7) is 1.54. The molecule has 0 N–H and O–H groups in total. The minimum Gasteiger partial charge on any atom is -0.269 e. The second-order valence-corrected chi connectivity index (χ2v) is 6.48. The molecule has 0 unspecified atom stereocenters. The van der Waals surface area contributed by atoms with Crippen molar-refractivity contribution in [2.75, 3.05) is 11.4 Å². The monoisotopic (exact) mass is 304 g/mol. The second-order valence-electron chi connectivity index (χ2n) is 4.54. The standard InChI is InChI=1S/C15H13FN2O2S/c1-11-8-13(16)6-7-15(11)21(19,20)18(2)14-5-3-4-12(9-14)10-17/h3-9H,1-2H3. The van der Waals surface area contributed by atoms with Gasteiger partial charge >= 0.3 is 0 Å². The van der Waals surface area contributed by atoms with E-state index in [9.17, 15) is 12.8 Å². The van der Waals surface area contributed by atoms with Gasteiger partial charge in [-0.1, -0.05) is 6.07 Å². The van der Waals surface area contributed by atoms with E-state index in [2.05, 4.69) is 0 Å². The van der Waals surface area contributed by atoms with E-state index in [0.717, 1.165) is 10.4 Å². The second kappa shape index (κ2) is 5.54. The van der Waals surface area contributed by atoms with Crippen molar-refractivity contribution in [1.82, 2.24) is 0 Å². The Morgan fingerprint density at radius 3 is 2.52 bits per heavy atom.